The van der Waals surface area contributed by atoms with Crippen molar-refractivity contribution in [1.29, 1.82) is 0 Å². The molecular formula is C13H17IO2. The van der Waals surface area contributed by atoms with E-state index >= 15 is 0 Å². The van der Waals surface area contributed by atoms with E-state index in [4.69, 9.17) is 9.47 Å². The molecule has 1 aromatic rings. The van der Waals surface area contributed by atoms with Gasteiger partial charge in [0, 0.05) is 17.1 Å². The SMILES string of the molecule is COC1CCCC(Oc2ccc(I)cc2)C1. The van der Waals surface area contributed by atoms with Crippen LogP contribution in [0, 0.1) is 3.57 Å². The molecule has 1 aromatic carbocycles. The zero-order valence-corrected chi connectivity index (χ0v) is 11.6. The van der Waals surface area contributed by atoms with Crippen molar-refractivity contribution in [2.45, 2.75) is 37.9 Å². The second-order valence-electron chi connectivity index (χ2n) is 4.22. The van der Waals surface area contributed by atoms with Crippen LogP contribution in [0.5, 0.6) is 5.75 Å². The standard InChI is InChI=1S/C13H17IO2/c1-15-12-3-2-4-13(9-12)16-11-7-5-10(14)6-8-11/h5-8,12-13H,2-4,9H2,1H3. The molecule has 1 fully saturated rings. The Kier molecular flexibility index (Phi) is 4.46. The Hall–Kier alpha value is -0.290. The second kappa shape index (κ2) is 5.87. The molecule has 0 saturated heterocycles. The van der Waals surface area contributed by atoms with Crippen LogP contribution in [0.3, 0.4) is 0 Å². The van der Waals surface area contributed by atoms with Gasteiger partial charge in [-0.1, -0.05) is 0 Å². The van der Waals surface area contributed by atoms with Crippen LogP contribution >= 0.6 is 22.6 Å². The highest BCUT2D eigenvalue weighted by Gasteiger charge is 2.22. The van der Waals surface area contributed by atoms with E-state index in [1.54, 1.807) is 7.11 Å². The third-order valence-electron chi connectivity index (χ3n) is 3.03. The summed E-state index contributed by atoms with van der Waals surface area (Å²) in [7, 11) is 1.79. The maximum atomic E-state index is 5.96. The number of ether oxygens (including phenoxy) is 2. The molecule has 0 heterocycles. The van der Waals surface area contributed by atoms with Crippen molar-refractivity contribution in [2.75, 3.05) is 7.11 Å². The molecule has 0 aromatic heterocycles. The molecule has 2 unspecified atom stereocenters. The summed E-state index contributed by atoms with van der Waals surface area (Å²) in [6.07, 6.45) is 5.23. The lowest BCUT2D eigenvalue weighted by Gasteiger charge is -2.28. The average molecular weight is 332 g/mol. The molecule has 2 nitrogen and oxygen atoms in total. The minimum atomic E-state index is 0.318. The van der Waals surface area contributed by atoms with Gasteiger partial charge in [-0.25, -0.2) is 0 Å². The number of methoxy groups -OCH3 is 1. The first-order valence-corrected chi connectivity index (χ1v) is 6.81. The Morgan fingerprint density at radius 2 is 1.81 bits per heavy atom. The minimum absolute atomic E-state index is 0.318. The van der Waals surface area contributed by atoms with E-state index in [2.05, 4.69) is 34.7 Å². The van der Waals surface area contributed by atoms with Crippen LogP contribution in [-0.4, -0.2) is 19.3 Å². The normalized spacial score (nSPS) is 25.4. The summed E-state index contributed by atoms with van der Waals surface area (Å²) < 4.78 is 12.6. The fourth-order valence-electron chi connectivity index (χ4n) is 2.13. The average Bonchev–Trinajstić information content (AvgIpc) is 2.32. The van der Waals surface area contributed by atoms with Gasteiger partial charge in [0.05, 0.1) is 6.10 Å². The minimum Gasteiger partial charge on any atom is -0.490 e. The van der Waals surface area contributed by atoms with Crippen molar-refractivity contribution in [3.8, 4) is 5.75 Å². The lowest BCUT2D eigenvalue weighted by atomic mass is 9.95. The van der Waals surface area contributed by atoms with Gasteiger partial charge in [0.25, 0.3) is 0 Å². The van der Waals surface area contributed by atoms with Gasteiger partial charge in [-0.3, -0.25) is 0 Å². The molecule has 3 heteroatoms. The van der Waals surface area contributed by atoms with Gasteiger partial charge in [0.15, 0.2) is 0 Å². The summed E-state index contributed by atoms with van der Waals surface area (Å²) >= 11 is 2.30. The third kappa shape index (κ3) is 3.35. The predicted molar refractivity (Wildman–Crippen MR) is 72.8 cm³/mol. The fraction of sp³-hybridized carbons (Fsp3) is 0.538. The molecule has 0 radical (unpaired) electrons. The van der Waals surface area contributed by atoms with Crippen molar-refractivity contribution < 1.29 is 9.47 Å². The molecule has 16 heavy (non-hydrogen) atoms. The molecule has 88 valence electrons. The maximum absolute atomic E-state index is 5.96. The molecule has 0 amide bonds. The molecule has 0 N–H and O–H groups in total. The number of halogens is 1. The zero-order chi connectivity index (χ0) is 11.4. The van der Waals surface area contributed by atoms with Gasteiger partial charge in [-0.2, -0.15) is 0 Å². The summed E-state index contributed by atoms with van der Waals surface area (Å²) in [5, 5.41) is 0. The molecule has 0 bridgehead atoms. The number of hydrogen-bond acceptors (Lipinski definition) is 2. The van der Waals surface area contributed by atoms with Crippen LogP contribution < -0.4 is 4.74 Å². The van der Waals surface area contributed by atoms with Crippen LogP contribution in [0.4, 0.5) is 0 Å². The third-order valence-corrected chi connectivity index (χ3v) is 3.75. The predicted octanol–water partition coefficient (Wildman–Crippen LogP) is 3.63. The molecule has 2 rings (SSSR count). The van der Waals surface area contributed by atoms with E-state index in [1.807, 2.05) is 12.1 Å². The Morgan fingerprint density at radius 1 is 1.12 bits per heavy atom. The van der Waals surface area contributed by atoms with Crippen molar-refractivity contribution in [2.24, 2.45) is 0 Å². The van der Waals surface area contributed by atoms with E-state index < -0.39 is 0 Å². The van der Waals surface area contributed by atoms with E-state index in [-0.39, 0.29) is 0 Å². The Bertz CT molecular complexity index is 323. The molecule has 1 saturated carbocycles. The summed E-state index contributed by atoms with van der Waals surface area (Å²) in [6.45, 7) is 0. The Morgan fingerprint density at radius 3 is 2.50 bits per heavy atom. The highest BCUT2D eigenvalue weighted by atomic mass is 127. The van der Waals surface area contributed by atoms with Crippen molar-refractivity contribution in [1.82, 2.24) is 0 Å². The van der Waals surface area contributed by atoms with Crippen LogP contribution in [0.1, 0.15) is 25.7 Å². The van der Waals surface area contributed by atoms with Crippen molar-refractivity contribution in [3.05, 3.63) is 27.8 Å². The largest absolute Gasteiger partial charge is 0.490 e. The van der Waals surface area contributed by atoms with Gasteiger partial charge in [0.2, 0.25) is 0 Å². The van der Waals surface area contributed by atoms with Crippen LogP contribution in [-0.2, 0) is 4.74 Å². The van der Waals surface area contributed by atoms with E-state index in [0.29, 0.717) is 12.2 Å². The van der Waals surface area contributed by atoms with Gasteiger partial charge >= 0.3 is 0 Å². The summed E-state index contributed by atoms with van der Waals surface area (Å²) in [6, 6.07) is 8.23. The first-order valence-electron chi connectivity index (χ1n) is 5.73. The van der Waals surface area contributed by atoms with Gasteiger partial charge in [0.1, 0.15) is 11.9 Å². The summed E-state index contributed by atoms with van der Waals surface area (Å²) in [5.41, 5.74) is 0. The fourth-order valence-corrected chi connectivity index (χ4v) is 2.49. The van der Waals surface area contributed by atoms with Crippen LogP contribution in [0.25, 0.3) is 0 Å². The number of rotatable bonds is 3. The highest BCUT2D eigenvalue weighted by Crippen LogP contribution is 2.25. The Labute approximate surface area is 110 Å². The molecular weight excluding hydrogens is 315 g/mol. The first kappa shape index (κ1) is 12.2. The van der Waals surface area contributed by atoms with Crippen molar-refractivity contribution >= 4 is 22.6 Å². The summed E-state index contributed by atoms with van der Waals surface area (Å²) in [4.78, 5) is 0. The topological polar surface area (TPSA) is 18.5 Å². The van der Waals surface area contributed by atoms with Crippen molar-refractivity contribution in [3.63, 3.8) is 0 Å². The van der Waals surface area contributed by atoms with E-state index in [9.17, 15) is 0 Å². The van der Waals surface area contributed by atoms with E-state index in [1.165, 1.54) is 16.4 Å². The molecule has 0 aliphatic heterocycles. The molecule has 0 spiro atoms. The number of hydrogen-bond donors (Lipinski definition) is 0. The lowest BCUT2D eigenvalue weighted by molar-refractivity contribution is 0.0209. The Balaban J connectivity index is 1.91. The lowest BCUT2D eigenvalue weighted by Crippen LogP contribution is -2.29. The van der Waals surface area contributed by atoms with Crippen LogP contribution in [0.2, 0.25) is 0 Å². The molecule has 1 aliphatic rings. The van der Waals surface area contributed by atoms with E-state index in [0.717, 1.165) is 18.6 Å². The summed E-state index contributed by atoms with van der Waals surface area (Å²) in [5.74, 6) is 0.974. The highest BCUT2D eigenvalue weighted by molar-refractivity contribution is 14.1. The maximum Gasteiger partial charge on any atom is 0.119 e. The zero-order valence-electron chi connectivity index (χ0n) is 9.49. The van der Waals surface area contributed by atoms with Gasteiger partial charge in [-0.05, 0) is 66.1 Å². The van der Waals surface area contributed by atoms with Gasteiger partial charge < -0.3 is 9.47 Å². The quantitative estimate of drug-likeness (QED) is 0.787. The second-order valence-corrected chi connectivity index (χ2v) is 5.46. The smallest absolute Gasteiger partial charge is 0.119 e. The molecule has 1 aliphatic carbocycles. The first-order chi connectivity index (χ1) is 7.78. The molecule has 2 atom stereocenters. The number of benzene rings is 1. The van der Waals surface area contributed by atoms with Crippen LogP contribution in [0.15, 0.2) is 24.3 Å². The van der Waals surface area contributed by atoms with Gasteiger partial charge in [-0.15, -0.1) is 0 Å². The monoisotopic (exact) mass is 332 g/mol.